The van der Waals surface area contributed by atoms with Gasteiger partial charge >= 0.3 is 0 Å². The van der Waals surface area contributed by atoms with Gasteiger partial charge in [-0.3, -0.25) is 0 Å². The minimum Gasteiger partial charge on any atom is -0.367 e. The summed E-state index contributed by atoms with van der Waals surface area (Å²) in [6, 6.07) is -0.177. The standard InChI is InChI=1S/C12H23N3O2/c1-5-8-9(13)10-14-11(15-17-10)12(4,6-2)16-7-3/h9H,5-8,13H2,1-4H3/t9-,12?/m1/s1. The van der Waals surface area contributed by atoms with Crippen LogP contribution in [0.1, 0.15) is 64.7 Å². The lowest BCUT2D eigenvalue weighted by molar-refractivity contribution is -0.0403. The van der Waals surface area contributed by atoms with Crippen molar-refractivity contribution in [3.63, 3.8) is 0 Å². The highest BCUT2D eigenvalue weighted by molar-refractivity contribution is 5.01. The Morgan fingerprint density at radius 1 is 1.41 bits per heavy atom. The molecule has 0 aromatic carbocycles. The molecule has 5 nitrogen and oxygen atoms in total. The van der Waals surface area contributed by atoms with Crippen molar-refractivity contribution in [2.24, 2.45) is 5.73 Å². The SMILES string of the molecule is CCC[C@@H](N)c1nc(C(C)(CC)OCC)no1. The van der Waals surface area contributed by atoms with Gasteiger partial charge in [-0.05, 0) is 26.7 Å². The number of hydrogen-bond donors (Lipinski definition) is 1. The highest BCUT2D eigenvalue weighted by Crippen LogP contribution is 2.27. The molecule has 1 unspecified atom stereocenters. The van der Waals surface area contributed by atoms with Gasteiger partial charge < -0.3 is 15.0 Å². The first-order chi connectivity index (χ1) is 8.07. The molecule has 0 fully saturated rings. The molecular weight excluding hydrogens is 218 g/mol. The summed E-state index contributed by atoms with van der Waals surface area (Å²) >= 11 is 0. The number of nitrogens with zero attached hydrogens (tertiary/aromatic N) is 2. The maximum Gasteiger partial charge on any atom is 0.243 e. The van der Waals surface area contributed by atoms with E-state index in [0.717, 1.165) is 19.3 Å². The first-order valence-electron chi connectivity index (χ1n) is 6.31. The average molecular weight is 241 g/mol. The van der Waals surface area contributed by atoms with E-state index < -0.39 is 5.60 Å². The van der Waals surface area contributed by atoms with Crippen LogP contribution in [0.4, 0.5) is 0 Å². The van der Waals surface area contributed by atoms with Crippen molar-refractivity contribution in [3.8, 4) is 0 Å². The van der Waals surface area contributed by atoms with Gasteiger partial charge in [-0.1, -0.05) is 25.4 Å². The van der Waals surface area contributed by atoms with Gasteiger partial charge in [0, 0.05) is 6.61 Å². The van der Waals surface area contributed by atoms with E-state index in [1.54, 1.807) is 0 Å². The van der Waals surface area contributed by atoms with E-state index in [4.69, 9.17) is 15.0 Å². The van der Waals surface area contributed by atoms with Crippen molar-refractivity contribution in [2.75, 3.05) is 6.61 Å². The molecule has 1 heterocycles. The summed E-state index contributed by atoms with van der Waals surface area (Å²) in [5, 5.41) is 3.99. The van der Waals surface area contributed by atoms with E-state index in [9.17, 15) is 0 Å². The van der Waals surface area contributed by atoms with Gasteiger partial charge in [0.05, 0.1) is 6.04 Å². The van der Waals surface area contributed by atoms with Crippen LogP contribution in [0.5, 0.6) is 0 Å². The molecule has 0 aliphatic rings. The fourth-order valence-electron chi connectivity index (χ4n) is 1.68. The first kappa shape index (κ1) is 14.1. The monoisotopic (exact) mass is 241 g/mol. The third-order valence-electron chi connectivity index (χ3n) is 2.97. The number of aromatic nitrogens is 2. The van der Waals surface area contributed by atoms with Crippen molar-refractivity contribution in [2.45, 2.75) is 58.6 Å². The topological polar surface area (TPSA) is 74.2 Å². The minimum absolute atomic E-state index is 0.177. The molecule has 0 saturated carbocycles. The molecule has 0 spiro atoms. The molecule has 0 amide bonds. The predicted octanol–water partition coefficient (Wildman–Crippen LogP) is 2.53. The molecule has 2 atom stereocenters. The molecule has 0 bridgehead atoms. The summed E-state index contributed by atoms with van der Waals surface area (Å²) in [5.74, 6) is 1.09. The molecule has 1 aromatic heterocycles. The fraction of sp³-hybridized carbons (Fsp3) is 0.833. The molecule has 0 saturated heterocycles. The van der Waals surface area contributed by atoms with Gasteiger partial charge in [-0.15, -0.1) is 0 Å². The molecule has 17 heavy (non-hydrogen) atoms. The van der Waals surface area contributed by atoms with E-state index in [1.807, 2.05) is 20.8 Å². The van der Waals surface area contributed by atoms with Crippen LogP contribution in [-0.2, 0) is 10.3 Å². The lowest BCUT2D eigenvalue weighted by Gasteiger charge is -2.23. The number of nitrogens with two attached hydrogens (primary N) is 1. The smallest absolute Gasteiger partial charge is 0.243 e. The zero-order chi connectivity index (χ0) is 12.9. The summed E-state index contributed by atoms with van der Waals surface area (Å²) in [4.78, 5) is 4.36. The predicted molar refractivity (Wildman–Crippen MR) is 65.4 cm³/mol. The second-order valence-corrected chi connectivity index (χ2v) is 4.37. The molecule has 98 valence electrons. The Kier molecular flexibility index (Phi) is 5.08. The number of rotatable bonds is 7. The molecule has 0 aliphatic carbocycles. The Morgan fingerprint density at radius 3 is 2.65 bits per heavy atom. The van der Waals surface area contributed by atoms with Gasteiger partial charge in [0.15, 0.2) is 0 Å². The van der Waals surface area contributed by atoms with Crippen molar-refractivity contribution >= 4 is 0 Å². The van der Waals surface area contributed by atoms with Crippen LogP contribution in [0.3, 0.4) is 0 Å². The van der Waals surface area contributed by atoms with Gasteiger partial charge in [-0.25, -0.2) is 0 Å². The number of ether oxygens (including phenoxy) is 1. The number of hydrogen-bond acceptors (Lipinski definition) is 5. The second kappa shape index (κ2) is 6.12. The molecule has 0 radical (unpaired) electrons. The maximum absolute atomic E-state index is 5.94. The van der Waals surface area contributed by atoms with E-state index in [-0.39, 0.29) is 6.04 Å². The van der Waals surface area contributed by atoms with Crippen molar-refractivity contribution < 1.29 is 9.26 Å². The van der Waals surface area contributed by atoms with E-state index in [0.29, 0.717) is 18.3 Å². The van der Waals surface area contributed by atoms with Crippen molar-refractivity contribution in [3.05, 3.63) is 11.7 Å². The van der Waals surface area contributed by atoms with Crippen LogP contribution in [0.15, 0.2) is 4.52 Å². The molecule has 1 rings (SSSR count). The van der Waals surface area contributed by atoms with Crippen LogP contribution in [0.2, 0.25) is 0 Å². The first-order valence-corrected chi connectivity index (χ1v) is 6.31. The van der Waals surface area contributed by atoms with Crippen LogP contribution < -0.4 is 5.73 Å². The molecule has 0 aliphatic heterocycles. The second-order valence-electron chi connectivity index (χ2n) is 4.37. The zero-order valence-corrected chi connectivity index (χ0v) is 11.2. The van der Waals surface area contributed by atoms with E-state index >= 15 is 0 Å². The Balaban J connectivity index is 2.85. The van der Waals surface area contributed by atoms with E-state index in [1.165, 1.54) is 0 Å². The third-order valence-corrected chi connectivity index (χ3v) is 2.97. The Bertz CT molecular complexity index is 340. The fourth-order valence-corrected chi connectivity index (χ4v) is 1.68. The van der Waals surface area contributed by atoms with Gasteiger partial charge in [0.1, 0.15) is 5.60 Å². The Morgan fingerprint density at radius 2 is 2.12 bits per heavy atom. The van der Waals surface area contributed by atoms with Crippen molar-refractivity contribution in [1.82, 2.24) is 10.1 Å². The summed E-state index contributed by atoms with van der Waals surface area (Å²) in [6.07, 6.45) is 2.64. The lowest BCUT2D eigenvalue weighted by Crippen LogP contribution is -2.26. The summed E-state index contributed by atoms with van der Waals surface area (Å²) in [7, 11) is 0. The minimum atomic E-state index is -0.484. The average Bonchev–Trinajstić information content (AvgIpc) is 2.79. The zero-order valence-electron chi connectivity index (χ0n) is 11.2. The van der Waals surface area contributed by atoms with E-state index in [2.05, 4.69) is 17.1 Å². The molecular formula is C12H23N3O2. The molecule has 2 N–H and O–H groups in total. The Labute approximate surface area is 103 Å². The normalized spacial score (nSPS) is 16.8. The lowest BCUT2D eigenvalue weighted by atomic mass is 10.0. The van der Waals surface area contributed by atoms with Gasteiger partial charge in [0.25, 0.3) is 0 Å². The van der Waals surface area contributed by atoms with Crippen LogP contribution >= 0.6 is 0 Å². The summed E-state index contributed by atoms with van der Waals surface area (Å²) in [5.41, 5.74) is 5.46. The van der Waals surface area contributed by atoms with Crippen molar-refractivity contribution in [1.29, 1.82) is 0 Å². The largest absolute Gasteiger partial charge is 0.367 e. The highest BCUT2D eigenvalue weighted by atomic mass is 16.5. The maximum atomic E-state index is 5.94. The Hall–Kier alpha value is -0.940. The van der Waals surface area contributed by atoms with Crippen LogP contribution in [-0.4, -0.2) is 16.7 Å². The molecule has 1 aromatic rings. The highest BCUT2D eigenvalue weighted by Gasteiger charge is 2.31. The molecule has 5 heteroatoms. The van der Waals surface area contributed by atoms with Crippen LogP contribution in [0, 0.1) is 0 Å². The van der Waals surface area contributed by atoms with Gasteiger partial charge in [0.2, 0.25) is 11.7 Å². The van der Waals surface area contributed by atoms with Gasteiger partial charge in [-0.2, -0.15) is 4.98 Å². The summed E-state index contributed by atoms with van der Waals surface area (Å²) < 4.78 is 10.9. The summed E-state index contributed by atoms with van der Waals surface area (Å²) in [6.45, 7) is 8.66. The third kappa shape index (κ3) is 3.26. The van der Waals surface area contributed by atoms with Crippen LogP contribution in [0.25, 0.3) is 0 Å². The quantitative estimate of drug-likeness (QED) is 0.794.